The van der Waals surface area contributed by atoms with Crippen LogP contribution in [0, 0.1) is 11.3 Å². The predicted molar refractivity (Wildman–Crippen MR) is 70.5 cm³/mol. The molecule has 0 aromatic heterocycles. The van der Waals surface area contributed by atoms with Crippen LogP contribution in [0.3, 0.4) is 0 Å². The molecule has 0 spiro atoms. The van der Waals surface area contributed by atoms with E-state index in [1.54, 1.807) is 25.3 Å². The first kappa shape index (κ1) is 13.7. The van der Waals surface area contributed by atoms with E-state index in [0.29, 0.717) is 23.7 Å². The molecule has 0 saturated carbocycles. The maximum absolute atomic E-state index is 9.03. The first-order chi connectivity index (χ1) is 9.33. The second kappa shape index (κ2) is 6.98. The molecule has 0 atom stereocenters. The van der Waals surface area contributed by atoms with Crippen molar-refractivity contribution in [3.05, 3.63) is 23.8 Å². The van der Waals surface area contributed by atoms with Gasteiger partial charge in [-0.05, 0) is 12.1 Å². The largest absolute Gasteiger partial charge is 0.497 e. The second-order valence-electron chi connectivity index (χ2n) is 4.28. The Balaban J connectivity index is 1.89. The van der Waals surface area contributed by atoms with E-state index in [1.165, 1.54) is 0 Å². The van der Waals surface area contributed by atoms with Crippen LogP contribution in [-0.2, 0) is 4.74 Å². The number of hydrogen-bond donors (Lipinski definition) is 0. The lowest BCUT2D eigenvalue weighted by Crippen LogP contribution is -2.38. The number of benzene rings is 1. The van der Waals surface area contributed by atoms with Crippen molar-refractivity contribution in [1.82, 2.24) is 4.90 Å². The summed E-state index contributed by atoms with van der Waals surface area (Å²) in [5.74, 6) is 1.27. The third kappa shape index (κ3) is 3.85. The molecule has 1 saturated heterocycles. The van der Waals surface area contributed by atoms with E-state index >= 15 is 0 Å². The van der Waals surface area contributed by atoms with Crippen molar-refractivity contribution in [1.29, 1.82) is 5.26 Å². The van der Waals surface area contributed by atoms with Crippen LogP contribution >= 0.6 is 0 Å². The molecule has 102 valence electrons. The highest BCUT2D eigenvalue weighted by Crippen LogP contribution is 2.24. The molecule has 2 rings (SSSR count). The molecule has 0 amide bonds. The van der Waals surface area contributed by atoms with E-state index in [-0.39, 0.29) is 0 Å². The predicted octanol–water partition coefficient (Wildman–Crippen LogP) is 1.28. The van der Waals surface area contributed by atoms with Gasteiger partial charge < -0.3 is 14.2 Å². The Hall–Kier alpha value is -1.77. The standard InChI is InChI=1S/C14H18N2O3/c1-17-13-3-2-12(11-15)14(10-13)19-9-6-16-4-7-18-8-5-16/h2-3,10H,4-9H2,1H3. The van der Waals surface area contributed by atoms with Gasteiger partial charge in [-0.15, -0.1) is 0 Å². The van der Waals surface area contributed by atoms with Gasteiger partial charge in [0.1, 0.15) is 24.2 Å². The summed E-state index contributed by atoms with van der Waals surface area (Å²) < 4.78 is 16.1. The first-order valence-corrected chi connectivity index (χ1v) is 6.34. The maximum atomic E-state index is 9.03. The number of hydrogen-bond acceptors (Lipinski definition) is 5. The Bertz CT molecular complexity index is 450. The second-order valence-corrected chi connectivity index (χ2v) is 4.28. The first-order valence-electron chi connectivity index (χ1n) is 6.34. The van der Waals surface area contributed by atoms with Crippen molar-refractivity contribution in [2.24, 2.45) is 0 Å². The summed E-state index contributed by atoms with van der Waals surface area (Å²) in [5.41, 5.74) is 0.530. The van der Waals surface area contributed by atoms with Crippen LogP contribution in [-0.4, -0.2) is 51.5 Å². The zero-order valence-electron chi connectivity index (χ0n) is 11.1. The lowest BCUT2D eigenvalue weighted by atomic mass is 10.2. The van der Waals surface area contributed by atoms with Gasteiger partial charge in [-0.2, -0.15) is 5.26 Å². The Kier molecular flexibility index (Phi) is 5.01. The Morgan fingerprint density at radius 1 is 1.37 bits per heavy atom. The third-order valence-corrected chi connectivity index (χ3v) is 3.08. The highest BCUT2D eigenvalue weighted by atomic mass is 16.5. The summed E-state index contributed by atoms with van der Waals surface area (Å²) in [6.45, 7) is 4.83. The summed E-state index contributed by atoms with van der Waals surface area (Å²) in [6, 6.07) is 7.34. The van der Waals surface area contributed by atoms with Gasteiger partial charge in [0, 0.05) is 25.7 Å². The van der Waals surface area contributed by atoms with Gasteiger partial charge in [0.05, 0.1) is 25.9 Å². The van der Waals surface area contributed by atoms with Gasteiger partial charge in [0.25, 0.3) is 0 Å². The monoisotopic (exact) mass is 262 g/mol. The topological polar surface area (TPSA) is 54.7 Å². The molecule has 1 aliphatic heterocycles. The van der Waals surface area contributed by atoms with E-state index in [4.69, 9.17) is 19.5 Å². The van der Waals surface area contributed by atoms with Crippen LogP contribution in [0.15, 0.2) is 18.2 Å². The molecule has 1 aliphatic rings. The van der Waals surface area contributed by atoms with Crippen molar-refractivity contribution < 1.29 is 14.2 Å². The quantitative estimate of drug-likeness (QED) is 0.800. The zero-order valence-corrected chi connectivity index (χ0v) is 11.1. The number of ether oxygens (including phenoxy) is 3. The Labute approximate surface area is 113 Å². The molecule has 0 aliphatic carbocycles. The normalized spacial score (nSPS) is 15.8. The van der Waals surface area contributed by atoms with Crippen LogP contribution < -0.4 is 9.47 Å². The van der Waals surface area contributed by atoms with Crippen LogP contribution in [0.25, 0.3) is 0 Å². The van der Waals surface area contributed by atoms with Gasteiger partial charge >= 0.3 is 0 Å². The number of nitrogens with zero attached hydrogens (tertiary/aromatic N) is 2. The average molecular weight is 262 g/mol. The van der Waals surface area contributed by atoms with Gasteiger partial charge in [-0.1, -0.05) is 0 Å². The minimum Gasteiger partial charge on any atom is -0.497 e. The van der Waals surface area contributed by atoms with Crippen molar-refractivity contribution in [3.63, 3.8) is 0 Å². The van der Waals surface area contributed by atoms with Gasteiger partial charge in [-0.25, -0.2) is 0 Å². The minimum atomic E-state index is 0.530. The molecular weight excluding hydrogens is 244 g/mol. The lowest BCUT2D eigenvalue weighted by Gasteiger charge is -2.26. The fourth-order valence-corrected chi connectivity index (χ4v) is 1.95. The molecule has 5 heteroatoms. The Morgan fingerprint density at radius 3 is 2.84 bits per heavy atom. The molecule has 1 aromatic rings. The molecule has 5 nitrogen and oxygen atoms in total. The van der Waals surface area contributed by atoms with Gasteiger partial charge in [0.15, 0.2) is 0 Å². The van der Waals surface area contributed by atoms with Crippen molar-refractivity contribution in [2.75, 3.05) is 46.6 Å². The molecular formula is C14H18N2O3. The third-order valence-electron chi connectivity index (χ3n) is 3.08. The van der Waals surface area contributed by atoms with Crippen LogP contribution in [0.4, 0.5) is 0 Å². The summed E-state index contributed by atoms with van der Waals surface area (Å²) >= 11 is 0. The maximum Gasteiger partial charge on any atom is 0.140 e. The summed E-state index contributed by atoms with van der Waals surface area (Å²) in [7, 11) is 1.60. The van der Waals surface area contributed by atoms with Gasteiger partial charge in [0.2, 0.25) is 0 Å². The molecule has 0 bridgehead atoms. The molecule has 1 aromatic carbocycles. The van der Waals surface area contributed by atoms with Crippen molar-refractivity contribution in [3.8, 4) is 17.6 Å². The molecule has 1 fully saturated rings. The van der Waals surface area contributed by atoms with Crippen LogP contribution in [0.1, 0.15) is 5.56 Å². The fraction of sp³-hybridized carbons (Fsp3) is 0.500. The SMILES string of the molecule is COc1ccc(C#N)c(OCCN2CCOCC2)c1. The van der Waals surface area contributed by atoms with E-state index in [1.807, 2.05) is 0 Å². The van der Waals surface area contributed by atoms with E-state index in [9.17, 15) is 0 Å². The molecule has 0 radical (unpaired) electrons. The highest BCUT2D eigenvalue weighted by Gasteiger charge is 2.11. The molecule has 1 heterocycles. The fourth-order valence-electron chi connectivity index (χ4n) is 1.95. The van der Waals surface area contributed by atoms with Crippen molar-refractivity contribution in [2.45, 2.75) is 0 Å². The van der Waals surface area contributed by atoms with Crippen molar-refractivity contribution >= 4 is 0 Å². The number of morpholine rings is 1. The number of rotatable bonds is 5. The highest BCUT2D eigenvalue weighted by molar-refractivity contribution is 5.47. The zero-order chi connectivity index (χ0) is 13.5. The van der Waals surface area contributed by atoms with Gasteiger partial charge in [-0.3, -0.25) is 4.90 Å². The summed E-state index contributed by atoms with van der Waals surface area (Å²) in [5, 5.41) is 9.03. The van der Waals surface area contributed by atoms with E-state index < -0.39 is 0 Å². The molecule has 0 N–H and O–H groups in total. The van der Waals surface area contributed by atoms with E-state index in [2.05, 4.69) is 11.0 Å². The number of methoxy groups -OCH3 is 1. The van der Waals surface area contributed by atoms with Crippen LogP contribution in [0.5, 0.6) is 11.5 Å². The smallest absolute Gasteiger partial charge is 0.140 e. The van der Waals surface area contributed by atoms with Crippen LogP contribution in [0.2, 0.25) is 0 Å². The molecule has 0 unspecified atom stereocenters. The van der Waals surface area contributed by atoms with E-state index in [0.717, 1.165) is 32.8 Å². The Morgan fingerprint density at radius 2 is 2.16 bits per heavy atom. The summed E-state index contributed by atoms with van der Waals surface area (Å²) in [4.78, 5) is 2.29. The summed E-state index contributed by atoms with van der Waals surface area (Å²) in [6.07, 6.45) is 0. The number of nitriles is 1. The minimum absolute atomic E-state index is 0.530. The lowest BCUT2D eigenvalue weighted by molar-refractivity contribution is 0.0322. The average Bonchev–Trinajstić information content (AvgIpc) is 2.48. The molecule has 19 heavy (non-hydrogen) atoms.